The highest BCUT2D eigenvalue weighted by Crippen LogP contribution is 2.54. The highest BCUT2D eigenvalue weighted by atomic mass is 19.4. The van der Waals surface area contributed by atoms with Crippen LogP contribution in [-0.4, -0.2) is 49.9 Å². The molecule has 0 saturated carbocycles. The van der Waals surface area contributed by atoms with Gasteiger partial charge < -0.3 is 9.47 Å². The molecule has 1 aliphatic heterocycles. The minimum Gasteiger partial charge on any atom is -0.379 e. The number of ether oxygens (including phenoxy) is 2. The first-order valence-electron chi connectivity index (χ1n) is 11.7. The molecule has 33 heavy (non-hydrogen) atoms. The molecule has 0 aromatic carbocycles. The lowest BCUT2D eigenvalue weighted by atomic mass is 9.97. The zero-order chi connectivity index (χ0) is 25.0. The summed E-state index contributed by atoms with van der Waals surface area (Å²) in [5.41, 5.74) is 0. The summed E-state index contributed by atoms with van der Waals surface area (Å²) in [4.78, 5) is 0. The van der Waals surface area contributed by atoms with E-state index in [4.69, 9.17) is 9.47 Å². The van der Waals surface area contributed by atoms with Gasteiger partial charge in [0.05, 0.1) is 12.7 Å². The van der Waals surface area contributed by atoms with E-state index in [0.717, 1.165) is 71.0 Å². The van der Waals surface area contributed by atoms with Crippen LogP contribution in [0.4, 0.5) is 39.5 Å². The normalized spacial score (nSPS) is 18.3. The van der Waals surface area contributed by atoms with Crippen LogP contribution < -0.4 is 0 Å². The van der Waals surface area contributed by atoms with Gasteiger partial charge in [-0.15, -0.1) is 0 Å². The summed E-state index contributed by atoms with van der Waals surface area (Å²) in [7, 11) is 0. The number of hydrogen-bond acceptors (Lipinski definition) is 2. The van der Waals surface area contributed by atoms with Gasteiger partial charge in [0.15, 0.2) is 0 Å². The second-order valence-corrected chi connectivity index (χ2v) is 8.70. The topological polar surface area (TPSA) is 18.5 Å². The van der Waals surface area contributed by atoms with Crippen molar-refractivity contribution in [2.24, 2.45) is 0 Å². The van der Waals surface area contributed by atoms with E-state index in [0.29, 0.717) is 19.4 Å². The van der Waals surface area contributed by atoms with Gasteiger partial charge in [-0.3, -0.25) is 0 Å². The van der Waals surface area contributed by atoms with Crippen LogP contribution in [0.5, 0.6) is 0 Å². The smallest absolute Gasteiger partial charge is 0.379 e. The number of halogens is 9. The lowest BCUT2D eigenvalue weighted by Gasteiger charge is -2.33. The number of unbranched alkanes of at least 4 members (excludes halogenated alkanes) is 10. The van der Waals surface area contributed by atoms with Gasteiger partial charge >= 0.3 is 23.9 Å². The summed E-state index contributed by atoms with van der Waals surface area (Å²) < 4.78 is 126. The molecule has 1 saturated heterocycles. The molecule has 0 amide bonds. The molecule has 1 heterocycles. The molecule has 1 atom stereocenters. The third kappa shape index (κ3) is 9.82. The summed E-state index contributed by atoms with van der Waals surface area (Å²) in [5.74, 6) is -18.7. The van der Waals surface area contributed by atoms with Crippen molar-refractivity contribution in [2.45, 2.75) is 120 Å². The number of hydrogen-bond donors (Lipinski definition) is 0. The molecule has 1 unspecified atom stereocenters. The Morgan fingerprint density at radius 1 is 0.636 bits per heavy atom. The zero-order valence-corrected chi connectivity index (χ0v) is 18.8. The van der Waals surface area contributed by atoms with Crippen LogP contribution in [0, 0.1) is 0 Å². The predicted octanol–water partition coefficient (Wildman–Crippen LogP) is 8.33. The Hall–Kier alpha value is -0.710. The Bertz CT molecular complexity index is 518. The van der Waals surface area contributed by atoms with Crippen molar-refractivity contribution in [3.8, 4) is 0 Å². The maximum atomic E-state index is 13.4. The van der Waals surface area contributed by atoms with Gasteiger partial charge in [0.25, 0.3) is 0 Å². The molecule has 0 spiro atoms. The third-order valence-electron chi connectivity index (χ3n) is 5.82. The first-order valence-corrected chi connectivity index (χ1v) is 11.7. The molecule has 0 aromatic rings. The molecule has 2 nitrogen and oxygen atoms in total. The van der Waals surface area contributed by atoms with Gasteiger partial charge in [0.1, 0.15) is 0 Å². The molecule has 198 valence electrons. The molecule has 11 heteroatoms. The number of alkyl halides is 9. The van der Waals surface area contributed by atoms with E-state index >= 15 is 0 Å². The predicted molar refractivity (Wildman–Crippen MR) is 106 cm³/mol. The van der Waals surface area contributed by atoms with E-state index < -0.39 is 36.8 Å². The van der Waals surface area contributed by atoms with Gasteiger partial charge in [-0.2, -0.15) is 39.5 Å². The summed E-state index contributed by atoms with van der Waals surface area (Å²) in [6.45, 7) is 2.19. The van der Waals surface area contributed by atoms with Crippen LogP contribution in [0.25, 0.3) is 0 Å². The zero-order valence-electron chi connectivity index (χ0n) is 18.8. The Morgan fingerprint density at radius 2 is 1.12 bits per heavy atom. The van der Waals surface area contributed by atoms with Gasteiger partial charge in [0.2, 0.25) is 0 Å². The maximum absolute atomic E-state index is 13.4. The Morgan fingerprint density at radius 3 is 1.58 bits per heavy atom. The van der Waals surface area contributed by atoms with Gasteiger partial charge in [-0.1, -0.05) is 57.8 Å². The van der Waals surface area contributed by atoms with Crippen molar-refractivity contribution in [1.29, 1.82) is 0 Å². The van der Waals surface area contributed by atoms with E-state index in [-0.39, 0.29) is 12.5 Å². The fourth-order valence-corrected chi connectivity index (χ4v) is 3.70. The SMILES string of the molecule is FC(F)(F)C(F)(F)C(F)(F)C(F)(F)CCCCCCCCCCCCCOCC1CCCO1. The van der Waals surface area contributed by atoms with Gasteiger partial charge in [-0.05, 0) is 25.7 Å². The van der Waals surface area contributed by atoms with Crippen molar-refractivity contribution in [2.75, 3.05) is 19.8 Å². The van der Waals surface area contributed by atoms with Crippen LogP contribution in [-0.2, 0) is 9.47 Å². The third-order valence-corrected chi connectivity index (χ3v) is 5.82. The molecule has 1 rings (SSSR count). The Kier molecular flexibility index (Phi) is 12.9. The van der Waals surface area contributed by atoms with E-state index in [1.54, 1.807) is 0 Å². The van der Waals surface area contributed by atoms with Crippen LogP contribution in [0.2, 0.25) is 0 Å². The number of rotatable bonds is 18. The van der Waals surface area contributed by atoms with Crippen molar-refractivity contribution >= 4 is 0 Å². The minimum atomic E-state index is -6.79. The molecule has 1 aliphatic rings. The highest BCUT2D eigenvalue weighted by Gasteiger charge is 2.81. The first kappa shape index (κ1) is 30.3. The maximum Gasteiger partial charge on any atom is 0.460 e. The van der Waals surface area contributed by atoms with Crippen molar-refractivity contribution in [3.05, 3.63) is 0 Å². The van der Waals surface area contributed by atoms with E-state index in [1.165, 1.54) is 0 Å². The minimum absolute atomic E-state index is 0.0646. The molecule has 0 aliphatic carbocycles. The average Bonchev–Trinajstić information content (AvgIpc) is 3.23. The summed E-state index contributed by atoms with van der Waals surface area (Å²) >= 11 is 0. The first-order chi connectivity index (χ1) is 15.3. The molecular weight excluding hydrogens is 467 g/mol. The molecule has 0 radical (unpaired) electrons. The summed E-state index contributed by atoms with van der Waals surface area (Å²) in [6.07, 6.45) is 1.48. The summed E-state index contributed by atoms with van der Waals surface area (Å²) in [5, 5.41) is 0. The fraction of sp³-hybridized carbons (Fsp3) is 1.00. The van der Waals surface area contributed by atoms with Crippen LogP contribution in [0.1, 0.15) is 89.9 Å². The monoisotopic (exact) mass is 502 g/mol. The van der Waals surface area contributed by atoms with Crippen LogP contribution >= 0.6 is 0 Å². The van der Waals surface area contributed by atoms with E-state index in [9.17, 15) is 39.5 Å². The average molecular weight is 503 g/mol. The van der Waals surface area contributed by atoms with Gasteiger partial charge in [0, 0.05) is 19.6 Å². The molecule has 0 bridgehead atoms. The largest absolute Gasteiger partial charge is 0.460 e. The fourth-order valence-electron chi connectivity index (χ4n) is 3.70. The lowest BCUT2D eigenvalue weighted by molar-refractivity contribution is -0.396. The van der Waals surface area contributed by atoms with Crippen molar-refractivity contribution < 1.29 is 49.0 Å². The molecule has 0 aromatic heterocycles. The second kappa shape index (κ2) is 14.0. The Balaban J connectivity index is 1.98. The highest BCUT2D eigenvalue weighted by molar-refractivity contribution is 5.00. The Labute approximate surface area is 189 Å². The quantitative estimate of drug-likeness (QED) is 0.139. The standard InChI is InChI=1S/C22H35F9O2/c23-19(24,20(25,26)21(27,28)22(29,30)31)14-10-8-6-4-2-1-3-5-7-9-11-15-32-17-18-13-12-16-33-18/h18H,1-17H2. The second-order valence-electron chi connectivity index (χ2n) is 8.70. The van der Waals surface area contributed by atoms with Crippen LogP contribution in [0.15, 0.2) is 0 Å². The summed E-state index contributed by atoms with van der Waals surface area (Å²) in [6, 6.07) is 0. The van der Waals surface area contributed by atoms with Crippen molar-refractivity contribution in [3.63, 3.8) is 0 Å². The van der Waals surface area contributed by atoms with E-state index in [1.807, 2.05) is 0 Å². The lowest BCUT2D eigenvalue weighted by Crippen LogP contribution is -2.60. The van der Waals surface area contributed by atoms with Crippen LogP contribution in [0.3, 0.4) is 0 Å². The van der Waals surface area contributed by atoms with Crippen molar-refractivity contribution in [1.82, 2.24) is 0 Å². The van der Waals surface area contributed by atoms with Gasteiger partial charge in [-0.25, -0.2) is 0 Å². The molecule has 0 N–H and O–H groups in total. The van der Waals surface area contributed by atoms with E-state index in [2.05, 4.69) is 0 Å². The molecular formula is C22H35F9O2. The molecule has 1 fully saturated rings.